The molecule has 0 radical (unpaired) electrons. The van der Waals surface area contributed by atoms with Gasteiger partial charge in [0.05, 0.1) is 0 Å². The number of hydrogen-bond donors (Lipinski definition) is 0. The Bertz CT molecular complexity index is 43.4. The number of hydrogen-bond acceptors (Lipinski definition) is 9. The molecule has 0 aliphatic carbocycles. The molecule has 0 aromatic heterocycles. The quantitative estimate of drug-likeness (QED) is 0.225. The van der Waals surface area contributed by atoms with E-state index in [4.69, 9.17) is 30.9 Å². The smallest absolute Gasteiger partial charge is 0.282 e. The molecule has 0 atom stereocenters. The first kappa shape index (κ1) is 25.2. The van der Waals surface area contributed by atoms with E-state index >= 15 is 0 Å². The van der Waals surface area contributed by atoms with E-state index < -0.39 is 63.2 Å². The molecule has 0 N–H and O–H groups in total. The summed E-state index contributed by atoms with van der Waals surface area (Å²) in [6.45, 7) is 0. The summed E-state index contributed by atoms with van der Waals surface area (Å²) in [6, 6.07) is 0. The molecule has 0 aliphatic rings. The Morgan fingerprint density at radius 2 is 0.385 bits per heavy atom. The van der Waals surface area contributed by atoms with Crippen LogP contribution in [0, 0.1) is 41.7 Å². The maximum atomic E-state index is 8.57. The van der Waals surface area contributed by atoms with Crippen LogP contribution in [0.2, 0.25) is 0 Å². The van der Waals surface area contributed by atoms with Crippen molar-refractivity contribution in [3.63, 3.8) is 0 Å². The predicted molar refractivity (Wildman–Crippen MR) is 0 cm³/mol. The summed E-state index contributed by atoms with van der Waals surface area (Å²) < 4.78 is 77.2. The molecule has 0 rings (SSSR count). The maximum Gasteiger partial charge on any atom is 0.282 e. The second-order valence-electron chi connectivity index (χ2n) is 0.567. The van der Waals surface area contributed by atoms with E-state index in [0.717, 1.165) is 0 Å². The molecule has 0 saturated carbocycles. The van der Waals surface area contributed by atoms with Crippen LogP contribution in [-0.4, -0.2) is 0 Å². The molecule has 0 aromatic rings. The summed E-state index contributed by atoms with van der Waals surface area (Å²) in [4.78, 5) is 0. The van der Waals surface area contributed by atoms with Crippen molar-refractivity contribution in [2.75, 3.05) is 0 Å². The number of rotatable bonds is 0. The van der Waals surface area contributed by atoms with Gasteiger partial charge < -0.3 is 30.9 Å². The minimum Gasteiger partial charge on any atom is -0.427 e. The van der Waals surface area contributed by atoms with Gasteiger partial charge in [-0.25, -0.2) is 0 Å². The van der Waals surface area contributed by atoms with Crippen LogP contribution in [0.25, 0.3) is 0 Å². The largest absolute Gasteiger partial charge is 0.427 e. The SMILES string of the molecule is [Ce].[O-][I+2]([O-])[O-].[O-][I+2]([O-])[O-].[O-][I+2]([O-])[O-]. The third-order valence-corrected chi connectivity index (χ3v) is 0. The fourth-order valence-electron chi connectivity index (χ4n) is 0. The zero-order chi connectivity index (χ0) is 10.7. The maximum absolute atomic E-state index is 8.57. The second kappa shape index (κ2) is 20.6. The van der Waals surface area contributed by atoms with Crippen molar-refractivity contribution >= 4 is 0 Å². The van der Waals surface area contributed by atoms with Crippen LogP contribution in [-0.2, 0) is 0 Å². The first-order valence-corrected chi connectivity index (χ1v) is 9.32. The standard InChI is InChI=1S/Ce.3IO3/c;3*2-1(3)4/q;3*-1. The van der Waals surface area contributed by atoms with Gasteiger partial charge in [0.15, 0.2) is 0 Å². The summed E-state index contributed by atoms with van der Waals surface area (Å²) in [5.74, 6) is 0. The van der Waals surface area contributed by atoms with E-state index in [1.165, 1.54) is 0 Å². The van der Waals surface area contributed by atoms with E-state index in [0.29, 0.717) is 0 Å². The van der Waals surface area contributed by atoms with Crippen molar-refractivity contribution in [3.8, 4) is 0 Å². The van der Waals surface area contributed by atoms with E-state index in [1.807, 2.05) is 0 Å². The van der Waals surface area contributed by atoms with Crippen LogP contribution < -0.4 is 94.1 Å². The van der Waals surface area contributed by atoms with E-state index in [-0.39, 0.29) is 41.7 Å². The Morgan fingerprint density at radius 3 is 0.385 bits per heavy atom. The van der Waals surface area contributed by atoms with Crippen molar-refractivity contribution in [1.82, 2.24) is 0 Å². The molecule has 0 unspecified atom stereocenters. The van der Waals surface area contributed by atoms with Crippen LogP contribution in [0.4, 0.5) is 0 Å². The molecule has 0 saturated heterocycles. The Hall–Kier alpha value is 3.21. The summed E-state index contributed by atoms with van der Waals surface area (Å²) >= 11 is -12.0. The summed E-state index contributed by atoms with van der Waals surface area (Å²) in [7, 11) is 0. The Kier molecular flexibility index (Phi) is 39.9. The molecule has 0 bridgehead atoms. The monoisotopic (exact) mass is 665 g/mol. The van der Waals surface area contributed by atoms with Crippen molar-refractivity contribution in [2.45, 2.75) is 0 Å². The van der Waals surface area contributed by atoms with Gasteiger partial charge in [0.1, 0.15) is 0 Å². The molecule has 0 heterocycles. The zero-order valence-electron chi connectivity index (χ0n) is 5.31. The van der Waals surface area contributed by atoms with E-state index in [2.05, 4.69) is 0 Å². The van der Waals surface area contributed by atoms with Crippen LogP contribution in [0.3, 0.4) is 0 Å². The molecular formula is CeI3O9-3. The van der Waals surface area contributed by atoms with Gasteiger partial charge >= 0.3 is 0 Å². The number of halogens is 3. The molecule has 0 amide bonds. The molecule has 0 spiro atoms. The molecular weight excluding hydrogens is 665 g/mol. The fraction of sp³-hybridized carbons (Fsp3) is 0. The van der Waals surface area contributed by atoms with Crippen molar-refractivity contribution in [1.29, 1.82) is 0 Å². The van der Waals surface area contributed by atoms with Gasteiger partial charge in [0.2, 0.25) is 0 Å². The molecule has 9 nitrogen and oxygen atoms in total. The van der Waals surface area contributed by atoms with Crippen molar-refractivity contribution < 1.29 is 136 Å². The van der Waals surface area contributed by atoms with Gasteiger partial charge in [-0.1, -0.05) is 0 Å². The third kappa shape index (κ3) is 258. The molecule has 82 valence electrons. The molecule has 13 heavy (non-hydrogen) atoms. The minimum atomic E-state index is -4.01. The Morgan fingerprint density at radius 1 is 0.385 bits per heavy atom. The van der Waals surface area contributed by atoms with Gasteiger partial charge in [-0.05, 0) is 0 Å². The van der Waals surface area contributed by atoms with Gasteiger partial charge in [-0.3, -0.25) is 0 Å². The van der Waals surface area contributed by atoms with Crippen molar-refractivity contribution in [3.05, 3.63) is 0 Å². The summed E-state index contributed by atoms with van der Waals surface area (Å²) in [6.07, 6.45) is 0. The Labute approximate surface area is 133 Å². The molecule has 0 aliphatic heterocycles. The first-order valence-electron chi connectivity index (χ1n) is 1.39. The third-order valence-electron chi connectivity index (χ3n) is 0. The molecule has 13 heteroatoms. The molecule has 0 aromatic carbocycles. The van der Waals surface area contributed by atoms with Gasteiger partial charge in [-0.15, -0.1) is 0 Å². The van der Waals surface area contributed by atoms with Crippen LogP contribution in [0.15, 0.2) is 0 Å². The molecule has 0 fully saturated rings. The van der Waals surface area contributed by atoms with E-state index in [1.54, 1.807) is 0 Å². The van der Waals surface area contributed by atoms with Crippen LogP contribution >= 0.6 is 0 Å². The summed E-state index contributed by atoms with van der Waals surface area (Å²) in [5.41, 5.74) is 0. The Balaban J connectivity index is -0.0000000450. The zero-order valence-corrected chi connectivity index (χ0v) is 14.9. The van der Waals surface area contributed by atoms with Gasteiger partial charge in [0.25, 0.3) is 63.2 Å². The fourth-order valence-corrected chi connectivity index (χ4v) is 0. The van der Waals surface area contributed by atoms with E-state index in [9.17, 15) is 0 Å². The van der Waals surface area contributed by atoms with Crippen LogP contribution in [0.1, 0.15) is 0 Å². The first-order chi connectivity index (χ1) is 5.20. The second-order valence-corrected chi connectivity index (χ2v) is 3.80. The minimum absolute atomic E-state index is 0. The average molecular weight is 665 g/mol. The summed E-state index contributed by atoms with van der Waals surface area (Å²) in [5, 5.41) is 0. The normalized spacial score (nSPS) is 8.31. The van der Waals surface area contributed by atoms with Gasteiger partial charge in [-0.2, -0.15) is 0 Å². The average Bonchev–Trinajstić information content (AvgIpc) is 1.54. The van der Waals surface area contributed by atoms with Crippen molar-refractivity contribution in [2.24, 2.45) is 0 Å². The predicted octanol–water partition coefficient (Wildman–Crippen LogP) is -19.7. The topological polar surface area (TPSA) is 208 Å². The van der Waals surface area contributed by atoms with Crippen LogP contribution in [0.5, 0.6) is 0 Å². The van der Waals surface area contributed by atoms with Gasteiger partial charge in [0, 0.05) is 41.7 Å².